The van der Waals surface area contributed by atoms with Gasteiger partial charge in [-0.05, 0) is 41.3 Å². The van der Waals surface area contributed by atoms with Gasteiger partial charge in [-0.15, -0.1) is 0 Å². The summed E-state index contributed by atoms with van der Waals surface area (Å²) in [7, 11) is 0. The molecule has 4 aromatic rings. The number of hydrogen-bond donors (Lipinski definition) is 2. The second-order valence-corrected chi connectivity index (χ2v) is 7.88. The van der Waals surface area contributed by atoms with E-state index in [4.69, 9.17) is 0 Å². The molecule has 0 bridgehead atoms. The van der Waals surface area contributed by atoms with Gasteiger partial charge in [0.15, 0.2) is 0 Å². The molecule has 1 aromatic heterocycles. The Kier molecular flexibility index (Phi) is 5.00. The van der Waals surface area contributed by atoms with E-state index < -0.39 is 0 Å². The molecule has 31 heavy (non-hydrogen) atoms. The van der Waals surface area contributed by atoms with Crippen molar-refractivity contribution in [1.82, 2.24) is 10.3 Å². The highest BCUT2D eigenvalue weighted by Gasteiger charge is 2.18. The van der Waals surface area contributed by atoms with Crippen LogP contribution in [0, 0.1) is 0 Å². The number of para-hydroxylation sites is 2. The molecule has 0 saturated carbocycles. The highest BCUT2D eigenvalue weighted by molar-refractivity contribution is 5.97. The molecule has 154 valence electrons. The van der Waals surface area contributed by atoms with Crippen molar-refractivity contribution in [2.24, 2.45) is 0 Å². The number of pyridine rings is 1. The fraction of sp³-hybridized carbons (Fsp3) is 0.154. The first-order chi connectivity index (χ1) is 15.2. The molecule has 0 fully saturated rings. The van der Waals surface area contributed by atoms with E-state index in [0.717, 1.165) is 30.6 Å². The summed E-state index contributed by atoms with van der Waals surface area (Å²) in [6, 6.07) is 24.0. The van der Waals surface area contributed by atoms with E-state index in [9.17, 15) is 9.59 Å². The monoisotopic (exact) mass is 409 g/mol. The van der Waals surface area contributed by atoms with Crippen molar-refractivity contribution in [2.45, 2.75) is 19.5 Å². The van der Waals surface area contributed by atoms with Crippen molar-refractivity contribution < 1.29 is 4.79 Å². The van der Waals surface area contributed by atoms with Crippen LogP contribution in [0.2, 0.25) is 0 Å². The molecule has 0 spiro atoms. The van der Waals surface area contributed by atoms with E-state index in [-0.39, 0.29) is 16.9 Å². The maximum Gasteiger partial charge on any atom is 0.257 e. The van der Waals surface area contributed by atoms with Gasteiger partial charge in [0.25, 0.3) is 5.91 Å². The minimum atomic E-state index is -0.371. The van der Waals surface area contributed by atoms with E-state index in [2.05, 4.69) is 51.6 Å². The van der Waals surface area contributed by atoms with Crippen molar-refractivity contribution in [1.29, 1.82) is 0 Å². The van der Waals surface area contributed by atoms with Gasteiger partial charge in [-0.3, -0.25) is 9.59 Å². The molecule has 0 unspecified atom stereocenters. The summed E-state index contributed by atoms with van der Waals surface area (Å²) in [6.07, 6.45) is 2.57. The molecule has 1 amide bonds. The second-order valence-electron chi connectivity index (χ2n) is 7.88. The number of nitrogens with one attached hydrogen (secondary N) is 2. The predicted molar refractivity (Wildman–Crippen MR) is 123 cm³/mol. The molecule has 2 N–H and O–H groups in total. The zero-order valence-corrected chi connectivity index (χ0v) is 17.1. The van der Waals surface area contributed by atoms with Crippen molar-refractivity contribution in [3.8, 4) is 0 Å². The number of rotatable bonds is 5. The topological polar surface area (TPSA) is 65.2 Å². The Balaban J connectivity index is 1.23. The minimum Gasteiger partial charge on any atom is -0.367 e. The van der Waals surface area contributed by atoms with Crippen molar-refractivity contribution in [2.75, 3.05) is 11.4 Å². The summed E-state index contributed by atoms with van der Waals surface area (Å²) >= 11 is 0. The lowest BCUT2D eigenvalue weighted by Crippen LogP contribution is -2.28. The molecule has 2 heterocycles. The number of carbonyl (C=O) groups is 1. The average Bonchev–Trinajstić information content (AvgIpc) is 3.22. The zero-order chi connectivity index (χ0) is 21.2. The third kappa shape index (κ3) is 3.82. The lowest BCUT2D eigenvalue weighted by Gasteiger charge is -2.19. The predicted octanol–water partition coefficient (Wildman–Crippen LogP) is 4.02. The molecule has 5 nitrogen and oxygen atoms in total. The Morgan fingerprint density at radius 1 is 0.935 bits per heavy atom. The van der Waals surface area contributed by atoms with Crippen LogP contribution in [0.1, 0.15) is 27.0 Å². The lowest BCUT2D eigenvalue weighted by atomic mass is 10.1. The van der Waals surface area contributed by atoms with Crippen LogP contribution in [0.5, 0.6) is 0 Å². The number of hydrogen-bond acceptors (Lipinski definition) is 3. The largest absolute Gasteiger partial charge is 0.367 e. The van der Waals surface area contributed by atoms with Crippen molar-refractivity contribution in [3.05, 3.63) is 111 Å². The van der Waals surface area contributed by atoms with Crippen LogP contribution in [-0.4, -0.2) is 17.4 Å². The number of nitrogens with zero attached hydrogens (tertiary/aromatic N) is 1. The van der Waals surface area contributed by atoms with Gasteiger partial charge in [0.2, 0.25) is 5.43 Å². The zero-order valence-electron chi connectivity index (χ0n) is 17.1. The number of aromatic amines is 1. The van der Waals surface area contributed by atoms with E-state index in [1.165, 1.54) is 23.0 Å². The third-order valence-electron chi connectivity index (χ3n) is 5.87. The Bertz CT molecular complexity index is 1310. The molecule has 0 saturated heterocycles. The third-order valence-corrected chi connectivity index (χ3v) is 5.87. The van der Waals surface area contributed by atoms with Gasteiger partial charge >= 0.3 is 0 Å². The first-order valence-corrected chi connectivity index (χ1v) is 10.5. The first-order valence-electron chi connectivity index (χ1n) is 10.5. The maximum atomic E-state index is 12.6. The van der Waals surface area contributed by atoms with Gasteiger partial charge in [0.05, 0.1) is 0 Å². The van der Waals surface area contributed by atoms with E-state index in [1.807, 2.05) is 24.3 Å². The van der Waals surface area contributed by atoms with Gasteiger partial charge in [0.1, 0.15) is 5.56 Å². The Labute approximate surface area is 180 Å². The molecular formula is C26H23N3O2. The number of benzene rings is 3. The maximum absolute atomic E-state index is 12.6. The van der Waals surface area contributed by atoms with E-state index >= 15 is 0 Å². The Morgan fingerprint density at radius 3 is 2.55 bits per heavy atom. The first kappa shape index (κ1) is 19.1. The van der Waals surface area contributed by atoms with Crippen LogP contribution in [-0.2, 0) is 19.5 Å². The molecule has 0 atom stereocenters. The molecule has 5 heteroatoms. The molecular weight excluding hydrogens is 386 g/mol. The minimum absolute atomic E-state index is 0.128. The van der Waals surface area contributed by atoms with Gasteiger partial charge in [-0.1, -0.05) is 54.6 Å². The fourth-order valence-corrected chi connectivity index (χ4v) is 4.17. The highest BCUT2D eigenvalue weighted by atomic mass is 16.2. The Morgan fingerprint density at radius 2 is 1.68 bits per heavy atom. The lowest BCUT2D eigenvalue weighted by molar-refractivity contribution is 0.0949. The van der Waals surface area contributed by atoms with Gasteiger partial charge in [0, 0.05) is 42.4 Å². The van der Waals surface area contributed by atoms with Crippen LogP contribution in [0.25, 0.3) is 10.9 Å². The number of aromatic nitrogens is 1. The molecule has 5 rings (SSSR count). The highest BCUT2D eigenvalue weighted by Crippen LogP contribution is 2.28. The van der Waals surface area contributed by atoms with Crippen molar-refractivity contribution >= 4 is 22.5 Å². The molecule has 0 radical (unpaired) electrons. The van der Waals surface area contributed by atoms with E-state index in [1.54, 1.807) is 12.1 Å². The van der Waals surface area contributed by atoms with Gasteiger partial charge in [-0.25, -0.2) is 0 Å². The van der Waals surface area contributed by atoms with Gasteiger partial charge in [-0.2, -0.15) is 0 Å². The summed E-state index contributed by atoms with van der Waals surface area (Å²) in [5.41, 5.74) is 5.55. The van der Waals surface area contributed by atoms with Crippen LogP contribution < -0.4 is 15.6 Å². The van der Waals surface area contributed by atoms with Crippen LogP contribution >= 0.6 is 0 Å². The number of amides is 1. The summed E-state index contributed by atoms with van der Waals surface area (Å²) in [5, 5.41) is 3.37. The standard InChI is InChI=1S/C26H23N3O2/c30-25-21-6-2-3-7-23(21)27-16-22(25)26(31)28-15-18-9-11-19(12-10-18)17-29-14-13-20-5-1-4-8-24(20)29/h1-12,16H,13-15,17H2,(H,27,30)(H,28,31). The number of carbonyl (C=O) groups excluding carboxylic acids is 1. The van der Waals surface area contributed by atoms with Crippen molar-refractivity contribution in [3.63, 3.8) is 0 Å². The fourth-order valence-electron chi connectivity index (χ4n) is 4.17. The summed E-state index contributed by atoms with van der Waals surface area (Å²) in [4.78, 5) is 30.6. The normalized spacial score (nSPS) is 12.7. The molecule has 3 aromatic carbocycles. The summed E-state index contributed by atoms with van der Waals surface area (Å²) < 4.78 is 0. The number of fused-ring (bicyclic) bond motifs is 2. The van der Waals surface area contributed by atoms with Crippen LogP contribution in [0.4, 0.5) is 5.69 Å². The molecule has 1 aliphatic heterocycles. The number of H-pyrrole nitrogens is 1. The smallest absolute Gasteiger partial charge is 0.257 e. The Hall–Kier alpha value is -3.86. The summed E-state index contributed by atoms with van der Waals surface area (Å²) in [6.45, 7) is 2.28. The van der Waals surface area contributed by atoms with E-state index in [0.29, 0.717) is 11.9 Å². The quantitative estimate of drug-likeness (QED) is 0.523. The molecule has 0 aliphatic carbocycles. The summed E-state index contributed by atoms with van der Waals surface area (Å²) in [5.74, 6) is -0.371. The molecule has 1 aliphatic rings. The van der Waals surface area contributed by atoms with Gasteiger partial charge < -0.3 is 15.2 Å². The second kappa shape index (κ2) is 8.11. The average molecular weight is 409 g/mol. The van der Waals surface area contributed by atoms with Crippen LogP contribution in [0.3, 0.4) is 0 Å². The SMILES string of the molecule is O=C(NCc1ccc(CN2CCc3ccccc32)cc1)c1c[nH]c2ccccc2c1=O. The number of anilines is 1. The van der Waals surface area contributed by atoms with Crippen LogP contribution in [0.15, 0.2) is 83.8 Å².